The first-order valence-electron chi connectivity index (χ1n) is 2.89. The van der Waals surface area contributed by atoms with Crippen LogP contribution in [-0.4, -0.2) is 25.0 Å². The Balaban J connectivity index is 2.48. The smallest absolute Gasteiger partial charge is 0.0662 e. The lowest BCUT2D eigenvalue weighted by Gasteiger charge is -1.95. The Labute approximate surface area is 49.3 Å². The van der Waals surface area contributed by atoms with Crippen molar-refractivity contribution in [2.45, 2.75) is 19.4 Å². The quantitative estimate of drug-likeness (QED) is 0.443. The summed E-state index contributed by atoms with van der Waals surface area (Å²) in [6.45, 7) is 2.93. The average molecular weight is 110 g/mol. The Morgan fingerprint density at radius 2 is 2.38 bits per heavy atom. The molecule has 0 spiro atoms. The van der Waals surface area contributed by atoms with Crippen molar-refractivity contribution in [2.24, 2.45) is 9.98 Å². The Morgan fingerprint density at radius 1 is 1.50 bits per heavy atom. The van der Waals surface area contributed by atoms with Crippen molar-refractivity contribution >= 4 is 12.4 Å². The van der Waals surface area contributed by atoms with Gasteiger partial charge in [-0.15, -0.1) is 0 Å². The van der Waals surface area contributed by atoms with E-state index in [0.717, 1.165) is 13.0 Å². The maximum atomic E-state index is 4.17. The molecule has 2 heteroatoms. The lowest BCUT2D eigenvalue weighted by atomic mass is 10.4. The highest BCUT2D eigenvalue weighted by Gasteiger charge is 1.95. The minimum Gasteiger partial charge on any atom is -0.295 e. The van der Waals surface area contributed by atoms with Gasteiger partial charge in [-0.2, -0.15) is 0 Å². The summed E-state index contributed by atoms with van der Waals surface area (Å²) in [6, 6.07) is 0.397. The molecule has 0 bridgehead atoms. The zero-order chi connectivity index (χ0) is 5.82. The van der Waals surface area contributed by atoms with Crippen LogP contribution in [0.1, 0.15) is 13.3 Å². The van der Waals surface area contributed by atoms with Crippen molar-refractivity contribution in [1.29, 1.82) is 0 Å². The summed E-state index contributed by atoms with van der Waals surface area (Å²) in [5, 5.41) is 0. The SMILES string of the molecule is CC1CN=CCC=N1. The van der Waals surface area contributed by atoms with E-state index < -0.39 is 0 Å². The van der Waals surface area contributed by atoms with E-state index in [1.165, 1.54) is 0 Å². The van der Waals surface area contributed by atoms with Crippen LogP contribution in [0.2, 0.25) is 0 Å². The molecule has 1 atom stereocenters. The molecule has 2 nitrogen and oxygen atoms in total. The Hall–Kier alpha value is -0.660. The van der Waals surface area contributed by atoms with Crippen LogP contribution in [0.3, 0.4) is 0 Å². The van der Waals surface area contributed by atoms with Crippen LogP contribution < -0.4 is 0 Å². The van der Waals surface area contributed by atoms with Crippen molar-refractivity contribution in [3.63, 3.8) is 0 Å². The van der Waals surface area contributed by atoms with Crippen LogP contribution in [0, 0.1) is 0 Å². The second kappa shape index (κ2) is 2.60. The van der Waals surface area contributed by atoms with Gasteiger partial charge in [-0.25, -0.2) is 0 Å². The minimum atomic E-state index is 0.397. The van der Waals surface area contributed by atoms with Crippen LogP contribution in [0.15, 0.2) is 9.98 Å². The van der Waals surface area contributed by atoms with Gasteiger partial charge in [-0.05, 0) is 6.92 Å². The van der Waals surface area contributed by atoms with Crippen molar-refractivity contribution < 1.29 is 0 Å². The number of hydrogen-bond donors (Lipinski definition) is 0. The van der Waals surface area contributed by atoms with Crippen molar-refractivity contribution in [1.82, 2.24) is 0 Å². The molecule has 0 N–H and O–H groups in total. The standard InChI is InChI=1S/C6H10N2/c1-6-5-7-3-2-4-8-6/h3-4,6H,2,5H2,1H3. The van der Waals surface area contributed by atoms with E-state index in [1.807, 2.05) is 12.4 Å². The van der Waals surface area contributed by atoms with E-state index in [2.05, 4.69) is 16.9 Å². The second-order valence-corrected chi connectivity index (χ2v) is 1.96. The zero-order valence-corrected chi connectivity index (χ0v) is 5.04. The van der Waals surface area contributed by atoms with Gasteiger partial charge in [-0.3, -0.25) is 9.98 Å². The zero-order valence-electron chi connectivity index (χ0n) is 5.04. The van der Waals surface area contributed by atoms with E-state index in [-0.39, 0.29) is 0 Å². The number of rotatable bonds is 0. The summed E-state index contributed by atoms with van der Waals surface area (Å²) in [4.78, 5) is 8.28. The van der Waals surface area contributed by atoms with Crippen LogP contribution in [-0.2, 0) is 0 Å². The van der Waals surface area contributed by atoms with E-state index in [9.17, 15) is 0 Å². The largest absolute Gasteiger partial charge is 0.295 e. The Morgan fingerprint density at radius 3 is 3.25 bits per heavy atom. The maximum Gasteiger partial charge on any atom is 0.0662 e. The molecule has 1 rings (SSSR count). The van der Waals surface area contributed by atoms with E-state index in [0.29, 0.717) is 6.04 Å². The molecule has 0 aromatic rings. The van der Waals surface area contributed by atoms with Crippen molar-refractivity contribution in [3.05, 3.63) is 0 Å². The van der Waals surface area contributed by atoms with E-state index in [1.54, 1.807) is 0 Å². The molecule has 1 aliphatic rings. The van der Waals surface area contributed by atoms with Gasteiger partial charge in [-0.1, -0.05) is 0 Å². The lowest BCUT2D eigenvalue weighted by molar-refractivity contribution is 0.765. The normalized spacial score (nSPS) is 27.9. The molecular weight excluding hydrogens is 100 g/mol. The Kier molecular flexibility index (Phi) is 1.78. The summed E-state index contributed by atoms with van der Waals surface area (Å²) < 4.78 is 0. The average Bonchev–Trinajstić information content (AvgIpc) is 1.94. The molecule has 0 aromatic heterocycles. The predicted octanol–water partition coefficient (Wildman–Crippen LogP) is 0.920. The summed E-state index contributed by atoms with van der Waals surface area (Å²) in [5.74, 6) is 0. The molecule has 0 amide bonds. The maximum absolute atomic E-state index is 4.17. The molecule has 0 saturated heterocycles. The van der Waals surface area contributed by atoms with E-state index >= 15 is 0 Å². The van der Waals surface area contributed by atoms with Gasteiger partial charge >= 0.3 is 0 Å². The molecule has 1 heterocycles. The van der Waals surface area contributed by atoms with Crippen LogP contribution in [0.25, 0.3) is 0 Å². The fourth-order valence-corrected chi connectivity index (χ4v) is 0.637. The van der Waals surface area contributed by atoms with Crippen LogP contribution in [0.4, 0.5) is 0 Å². The molecule has 0 saturated carbocycles. The predicted molar refractivity (Wildman–Crippen MR) is 35.9 cm³/mol. The van der Waals surface area contributed by atoms with Gasteiger partial charge in [0.25, 0.3) is 0 Å². The summed E-state index contributed by atoms with van der Waals surface area (Å²) >= 11 is 0. The van der Waals surface area contributed by atoms with Gasteiger partial charge in [0.15, 0.2) is 0 Å². The highest BCUT2D eigenvalue weighted by atomic mass is 14.9. The molecular formula is C6H10N2. The van der Waals surface area contributed by atoms with Gasteiger partial charge in [0, 0.05) is 18.9 Å². The molecule has 0 aromatic carbocycles. The molecule has 44 valence electrons. The molecule has 0 fully saturated rings. The first-order chi connectivity index (χ1) is 3.89. The van der Waals surface area contributed by atoms with Gasteiger partial charge < -0.3 is 0 Å². The second-order valence-electron chi connectivity index (χ2n) is 1.96. The summed E-state index contributed by atoms with van der Waals surface area (Å²) in [6.07, 6.45) is 4.73. The molecule has 1 aliphatic heterocycles. The van der Waals surface area contributed by atoms with E-state index in [4.69, 9.17) is 0 Å². The highest BCUT2D eigenvalue weighted by molar-refractivity contribution is 5.79. The number of nitrogens with zero attached hydrogens (tertiary/aromatic N) is 2. The minimum absolute atomic E-state index is 0.397. The number of aliphatic imine (C=N–C) groups is 2. The lowest BCUT2D eigenvalue weighted by Crippen LogP contribution is -2.00. The Bertz CT molecular complexity index is 116. The van der Waals surface area contributed by atoms with Gasteiger partial charge in [0.1, 0.15) is 0 Å². The fourth-order valence-electron chi connectivity index (χ4n) is 0.637. The van der Waals surface area contributed by atoms with Crippen molar-refractivity contribution in [3.8, 4) is 0 Å². The topological polar surface area (TPSA) is 24.7 Å². The summed E-state index contributed by atoms with van der Waals surface area (Å²) in [5.41, 5.74) is 0. The van der Waals surface area contributed by atoms with Crippen molar-refractivity contribution in [2.75, 3.05) is 6.54 Å². The number of hydrogen-bond acceptors (Lipinski definition) is 2. The first-order valence-corrected chi connectivity index (χ1v) is 2.89. The van der Waals surface area contributed by atoms with Gasteiger partial charge in [0.05, 0.1) is 12.6 Å². The van der Waals surface area contributed by atoms with Crippen LogP contribution >= 0.6 is 0 Å². The fraction of sp³-hybridized carbons (Fsp3) is 0.667. The third kappa shape index (κ3) is 1.45. The highest BCUT2D eigenvalue weighted by Crippen LogP contribution is 1.92. The molecule has 0 aliphatic carbocycles. The molecule has 0 radical (unpaired) electrons. The third-order valence-corrected chi connectivity index (χ3v) is 1.07. The summed E-state index contributed by atoms with van der Waals surface area (Å²) in [7, 11) is 0. The third-order valence-electron chi connectivity index (χ3n) is 1.07. The first kappa shape index (κ1) is 5.48. The monoisotopic (exact) mass is 110 g/mol. The molecule has 1 unspecified atom stereocenters. The molecule has 8 heavy (non-hydrogen) atoms. The van der Waals surface area contributed by atoms with Crippen LogP contribution in [0.5, 0.6) is 0 Å². The van der Waals surface area contributed by atoms with Gasteiger partial charge in [0.2, 0.25) is 0 Å².